The average Bonchev–Trinajstić information content (AvgIpc) is 3.85. The number of esters is 1. The fourth-order valence-corrected chi connectivity index (χ4v) is 8.56. The van der Waals surface area contributed by atoms with Gasteiger partial charge in [-0.1, -0.05) is 6.92 Å². The molecule has 0 saturated carbocycles. The zero-order chi connectivity index (χ0) is 43.4. The number of hydrogen-bond acceptors (Lipinski definition) is 9. The Morgan fingerprint density at radius 1 is 0.833 bits per heavy atom. The molecule has 0 radical (unpaired) electrons. The van der Waals surface area contributed by atoms with Crippen molar-refractivity contribution >= 4 is 52.9 Å². The van der Waals surface area contributed by atoms with E-state index < -0.39 is 102 Å². The molecule has 4 aliphatic heterocycles. The Morgan fingerprint density at radius 3 is 2.17 bits per heavy atom. The van der Waals surface area contributed by atoms with E-state index in [4.69, 9.17) is 4.74 Å². The van der Waals surface area contributed by atoms with Crippen molar-refractivity contribution in [2.24, 2.45) is 5.92 Å². The third kappa shape index (κ3) is 9.96. The first-order valence-electron chi connectivity index (χ1n) is 20.5. The number of nitrogens with one attached hydrogen (secondary N) is 4. The monoisotopic (exact) mass is 836 g/mol. The van der Waals surface area contributed by atoms with E-state index >= 15 is 0 Å². The van der Waals surface area contributed by atoms with Gasteiger partial charge in [0.1, 0.15) is 54.0 Å². The summed E-state index contributed by atoms with van der Waals surface area (Å²) >= 11 is 0. The molecule has 4 heterocycles. The highest BCUT2D eigenvalue weighted by Crippen LogP contribution is 2.29. The maximum atomic E-state index is 14.7. The first-order valence-corrected chi connectivity index (χ1v) is 20.5. The highest BCUT2D eigenvalue weighted by molar-refractivity contribution is 5.99. The van der Waals surface area contributed by atoms with E-state index in [1.807, 2.05) is 25.9 Å². The Kier molecular flexibility index (Phi) is 13.6. The molecular weight excluding hydrogens is 783 g/mol. The predicted octanol–water partition coefficient (Wildman–Crippen LogP) is 2.31. The molecule has 16 nitrogen and oxygen atoms in total. The lowest BCUT2D eigenvalue weighted by Crippen LogP contribution is -2.63. The number of rotatable bonds is 7. The van der Waals surface area contributed by atoms with Gasteiger partial charge in [0.25, 0.3) is 0 Å². The summed E-state index contributed by atoms with van der Waals surface area (Å²) in [7, 11) is 3.70. The lowest BCUT2D eigenvalue weighted by Gasteiger charge is -2.39. The Labute approximate surface area is 347 Å². The average molecular weight is 837 g/mol. The van der Waals surface area contributed by atoms with Crippen molar-refractivity contribution in [3.63, 3.8) is 0 Å². The maximum absolute atomic E-state index is 14.7. The van der Waals surface area contributed by atoms with E-state index in [1.54, 1.807) is 24.3 Å². The number of piperidine rings is 1. The molecule has 8 unspecified atom stereocenters. The first-order chi connectivity index (χ1) is 28.5. The molecule has 0 bridgehead atoms. The number of carbonyl (C=O) groups excluding carboxylic acids is 7. The molecule has 18 heteroatoms. The quantitative estimate of drug-likeness (QED) is 0.304. The van der Waals surface area contributed by atoms with Crippen molar-refractivity contribution in [3.8, 4) is 0 Å². The van der Waals surface area contributed by atoms with Crippen molar-refractivity contribution in [2.45, 2.75) is 108 Å². The van der Waals surface area contributed by atoms with E-state index in [-0.39, 0.29) is 44.0 Å². The van der Waals surface area contributed by atoms with Crippen LogP contribution in [0, 0.1) is 17.6 Å². The summed E-state index contributed by atoms with van der Waals surface area (Å²) in [4.78, 5) is 104. The second-order valence-electron chi connectivity index (χ2n) is 16.5. The zero-order valence-corrected chi connectivity index (χ0v) is 34.5. The van der Waals surface area contributed by atoms with Crippen LogP contribution >= 0.6 is 0 Å². The smallest absolute Gasteiger partial charge is 0.329 e. The van der Waals surface area contributed by atoms with Crippen LogP contribution in [0.15, 0.2) is 42.5 Å². The molecule has 4 saturated heterocycles. The minimum absolute atomic E-state index is 0.0201. The van der Waals surface area contributed by atoms with E-state index in [0.717, 1.165) is 17.8 Å². The lowest BCUT2D eigenvalue weighted by atomic mass is 9.99. The number of urea groups is 1. The molecule has 2 aromatic carbocycles. The Morgan fingerprint density at radius 2 is 1.48 bits per heavy atom. The van der Waals surface area contributed by atoms with Crippen LogP contribution in [0.1, 0.15) is 64.9 Å². The maximum Gasteiger partial charge on any atom is 0.329 e. The highest BCUT2D eigenvalue weighted by Gasteiger charge is 2.47. The predicted molar refractivity (Wildman–Crippen MR) is 215 cm³/mol. The molecule has 6 rings (SSSR count). The van der Waals surface area contributed by atoms with Gasteiger partial charge in [-0.15, -0.1) is 0 Å². The van der Waals surface area contributed by atoms with Crippen LogP contribution in [0.2, 0.25) is 0 Å². The summed E-state index contributed by atoms with van der Waals surface area (Å²) in [6.07, 6.45) is 0.783. The number of cyclic esters (lactones) is 1. The summed E-state index contributed by atoms with van der Waals surface area (Å²) in [6.45, 7) is 5.37. The SMILES string of the molecule is CC1CC2C(=O)OC(C)C(NC(=O)C(Cc3cc(F)cc(F)c3)NC(=O)Nc3ccc(N(C)C)cc3)C(=O)N3CCCC3C(=O)N3CCCCC3C(=O)NC(C)C(=O)N2C1. The molecule has 4 aliphatic rings. The molecule has 4 N–H and O–H groups in total. The van der Waals surface area contributed by atoms with Crippen LogP contribution in [0.4, 0.5) is 25.0 Å². The Bertz CT molecular complexity index is 1960. The van der Waals surface area contributed by atoms with Crippen molar-refractivity contribution in [3.05, 3.63) is 59.7 Å². The van der Waals surface area contributed by atoms with Crippen molar-refractivity contribution in [1.82, 2.24) is 30.7 Å². The number of benzene rings is 2. The normalized spacial score (nSPS) is 26.9. The van der Waals surface area contributed by atoms with Crippen LogP contribution in [-0.4, -0.2) is 132 Å². The third-order valence-corrected chi connectivity index (χ3v) is 11.7. The topological polar surface area (TPSA) is 190 Å². The van der Waals surface area contributed by atoms with Gasteiger partial charge in [-0.3, -0.25) is 24.0 Å². The van der Waals surface area contributed by atoms with Gasteiger partial charge >= 0.3 is 12.0 Å². The van der Waals surface area contributed by atoms with E-state index in [0.29, 0.717) is 37.4 Å². The number of fused-ring (bicyclic) bond motifs is 3. The zero-order valence-electron chi connectivity index (χ0n) is 34.5. The second-order valence-corrected chi connectivity index (χ2v) is 16.5. The van der Waals surface area contributed by atoms with Crippen LogP contribution in [0.3, 0.4) is 0 Å². The minimum Gasteiger partial charge on any atom is -0.458 e. The van der Waals surface area contributed by atoms with Gasteiger partial charge in [-0.25, -0.2) is 18.4 Å². The molecule has 2 aromatic rings. The summed E-state index contributed by atoms with van der Waals surface area (Å²) in [5.41, 5.74) is 1.26. The molecule has 0 spiro atoms. The number of hydrogen-bond donors (Lipinski definition) is 4. The fraction of sp³-hybridized carbons (Fsp3) is 0.548. The molecule has 0 aromatic heterocycles. The number of amides is 7. The Hall–Kier alpha value is -5.81. The van der Waals surface area contributed by atoms with Gasteiger partial charge < -0.3 is 45.6 Å². The molecule has 8 atom stereocenters. The van der Waals surface area contributed by atoms with Gasteiger partial charge in [0.15, 0.2) is 0 Å². The van der Waals surface area contributed by atoms with Gasteiger partial charge in [0.2, 0.25) is 29.5 Å². The van der Waals surface area contributed by atoms with Gasteiger partial charge in [-0.05, 0) is 100 Å². The van der Waals surface area contributed by atoms with E-state index in [9.17, 15) is 42.3 Å². The molecular formula is C42H54F2N8O8. The number of anilines is 2. The first kappa shape index (κ1) is 43.8. The Balaban J connectivity index is 1.33. The minimum atomic E-state index is -1.62. The second kappa shape index (κ2) is 18.6. The van der Waals surface area contributed by atoms with Gasteiger partial charge in [0, 0.05) is 57.6 Å². The van der Waals surface area contributed by atoms with Crippen molar-refractivity contribution < 1.29 is 47.1 Å². The molecule has 4 fully saturated rings. The number of ether oxygens (including phenoxy) is 1. The number of halogens is 2. The molecule has 324 valence electrons. The van der Waals surface area contributed by atoms with E-state index in [1.165, 1.54) is 28.5 Å². The van der Waals surface area contributed by atoms with Crippen LogP contribution < -0.4 is 26.2 Å². The van der Waals surface area contributed by atoms with Gasteiger partial charge in [-0.2, -0.15) is 0 Å². The summed E-state index contributed by atoms with van der Waals surface area (Å²) in [5, 5.41) is 10.6. The van der Waals surface area contributed by atoms with Crippen molar-refractivity contribution in [2.75, 3.05) is 43.9 Å². The standard InChI is InChI=1S/C42H54F2N8O8/c1-23-17-34-41(58)60-25(3)35(40(57)51-16-8-10-33(51)39(56)50-15-7-6-9-32(50)37(54)45-24(2)38(55)52(34)22-23)48-36(53)31(20-26-18-27(43)21-28(44)19-26)47-42(59)46-29-11-13-30(14-12-29)49(4)5/h11-14,18-19,21,23-25,31-35H,6-10,15-17,20,22H2,1-5H3,(H,45,54)(H,48,53)(H2,46,47,59). The van der Waals surface area contributed by atoms with Crippen LogP contribution in [0.5, 0.6) is 0 Å². The summed E-state index contributed by atoms with van der Waals surface area (Å²) in [6, 6.07) is 1.51. The summed E-state index contributed by atoms with van der Waals surface area (Å²) in [5.74, 6) is -5.97. The van der Waals surface area contributed by atoms with Crippen LogP contribution in [-0.2, 0) is 39.9 Å². The lowest BCUT2D eigenvalue weighted by molar-refractivity contribution is -0.163. The molecule has 7 amide bonds. The highest BCUT2D eigenvalue weighted by atomic mass is 19.1. The van der Waals surface area contributed by atoms with E-state index in [2.05, 4.69) is 21.3 Å². The van der Waals surface area contributed by atoms with Gasteiger partial charge in [0.05, 0.1) is 0 Å². The number of carbonyl (C=O) groups is 7. The third-order valence-electron chi connectivity index (χ3n) is 11.7. The van der Waals surface area contributed by atoms with Crippen LogP contribution in [0.25, 0.3) is 0 Å². The molecule has 60 heavy (non-hydrogen) atoms. The largest absolute Gasteiger partial charge is 0.458 e. The number of nitrogens with zero attached hydrogens (tertiary/aromatic N) is 4. The summed E-state index contributed by atoms with van der Waals surface area (Å²) < 4.78 is 34.6. The molecule has 0 aliphatic carbocycles. The fourth-order valence-electron chi connectivity index (χ4n) is 8.56. The van der Waals surface area contributed by atoms with Crippen molar-refractivity contribution in [1.29, 1.82) is 0 Å².